The van der Waals surface area contributed by atoms with E-state index in [1.807, 2.05) is 6.07 Å². The van der Waals surface area contributed by atoms with Crippen molar-refractivity contribution in [1.29, 1.82) is 0 Å². The first kappa shape index (κ1) is 21.8. The number of hydroxylamine groups is 2. The molecule has 0 aliphatic carbocycles. The number of hydrogen-bond donors (Lipinski definition) is 0. The van der Waals surface area contributed by atoms with E-state index in [9.17, 15) is 14.4 Å². The number of anilines is 1. The van der Waals surface area contributed by atoms with Crippen molar-refractivity contribution in [1.82, 2.24) is 10.0 Å². The molecule has 0 N–H and O–H groups in total. The van der Waals surface area contributed by atoms with E-state index in [1.165, 1.54) is 11.3 Å². The number of quaternary nitrogens is 1. The minimum atomic E-state index is -0.770. The maximum absolute atomic E-state index is 12.3. The first-order valence-corrected chi connectivity index (χ1v) is 11.0. The van der Waals surface area contributed by atoms with Crippen LogP contribution in [0.25, 0.3) is 22.8 Å². The first-order valence-electron chi connectivity index (χ1n) is 11.0. The Balaban J connectivity index is 1.33. The van der Waals surface area contributed by atoms with Crippen LogP contribution < -0.4 is 4.90 Å². The number of carbonyl (C=O) groups excluding carboxylic acids is 3. The summed E-state index contributed by atoms with van der Waals surface area (Å²) >= 11 is 0. The zero-order valence-electron chi connectivity index (χ0n) is 19.3. The second-order valence-corrected chi connectivity index (χ2v) is 9.34. The Morgan fingerprint density at radius 2 is 1.71 bits per heavy atom. The highest BCUT2D eigenvalue weighted by Gasteiger charge is 2.33. The van der Waals surface area contributed by atoms with Crippen LogP contribution in [0.4, 0.5) is 5.69 Å². The Hall–Kier alpha value is -3.98. The fraction of sp³-hybridized carbons (Fsp3) is 0.280. The van der Waals surface area contributed by atoms with E-state index in [1.54, 1.807) is 30.5 Å². The van der Waals surface area contributed by atoms with Gasteiger partial charge in [0.2, 0.25) is 5.89 Å². The normalized spacial score (nSPS) is 17.1. The molecule has 0 unspecified atom stereocenters. The molecule has 34 heavy (non-hydrogen) atoms. The van der Waals surface area contributed by atoms with Gasteiger partial charge in [-0.15, -0.1) is 5.06 Å². The molecule has 2 aromatic carbocycles. The molecule has 1 saturated heterocycles. The second-order valence-electron chi connectivity index (χ2n) is 9.34. The number of imide groups is 1. The van der Waals surface area contributed by atoms with Gasteiger partial charge >= 0.3 is 5.97 Å². The van der Waals surface area contributed by atoms with Crippen molar-refractivity contribution in [3.63, 3.8) is 0 Å². The van der Waals surface area contributed by atoms with Crippen LogP contribution in [0, 0.1) is 0 Å². The molecule has 0 saturated carbocycles. The highest BCUT2D eigenvalue weighted by molar-refractivity contribution is 6.02. The van der Waals surface area contributed by atoms with Crippen molar-refractivity contribution in [3.05, 3.63) is 59.8 Å². The second kappa shape index (κ2) is 8.11. The van der Waals surface area contributed by atoms with Gasteiger partial charge in [0.05, 0.1) is 25.9 Å². The molecule has 0 spiro atoms. The standard InChI is InChI=1S/C25H25N4O5/c1-27-15-29(2,3)14-19-12-18(8-9-20(19)27)24-26-13-21(33-24)16-4-6-17(7-5-16)25(32)34-28-22(30)10-11-23(28)31/h4-9,12-13H,10-11,14-15H2,1-3H3/q+1. The van der Waals surface area contributed by atoms with Crippen molar-refractivity contribution in [3.8, 4) is 22.8 Å². The molecule has 2 aliphatic heterocycles. The highest BCUT2D eigenvalue weighted by Crippen LogP contribution is 2.33. The lowest BCUT2D eigenvalue weighted by atomic mass is 10.0. The van der Waals surface area contributed by atoms with Crippen LogP contribution in [-0.2, 0) is 21.0 Å². The number of oxazole rings is 1. The number of nitrogens with zero attached hydrogens (tertiary/aromatic N) is 4. The van der Waals surface area contributed by atoms with Crippen LogP contribution in [0.3, 0.4) is 0 Å². The molecule has 1 aromatic heterocycles. The highest BCUT2D eigenvalue weighted by atomic mass is 16.7. The third-order valence-corrected chi connectivity index (χ3v) is 6.02. The minimum Gasteiger partial charge on any atom is -0.436 e. The number of aromatic nitrogens is 1. The van der Waals surface area contributed by atoms with Crippen molar-refractivity contribution in [2.75, 3.05) is 32.7 Å². The fourth-order valence-corrected chi connectivity index (χ4v) is 4.48. The topological polar surface area (TPSA) is 93.0 Å². The first-order chi connectivity index (χ1) is 16.2. The fourth-order valence-electron chi connectivity index (χ4n) is 4.48. The molecule has 1 fully saturated rings. The SMILES string of the molecule is CN1C[N+](C)(C)Cc2cc(-c3ncc(-c4ccc(C(=O)ON5C(=O)CCC5=O)cc4)o3)ccc21. The number of benzene rings is 2. The summed E-state index contributed by atoms with van der Waals surface area (Å²) in [5.74, 6) is -0.716. The average Bonchev–Trinajstić information content (AvgIpc) is 3.41. The number of hydrogen-bond acceptors (Lipinski definition) is 7. The zero-order chi connectivity index (χ0) is 24.0. The van der Waals surface area contributed by atoms with E-state index in [4.69, 9.17) is 9.25 Å². The molecule has 3 aromatic rings. The van der Waals surface area contributed by atoms with Gasteiger partial charge in [-0.25, -0.2) is 9.78 Å². The molecule has 3 heterocycles. The Labute approximate surface area is 196 Å². The lowest BCUT2D eigenvalue weighted by Crippen LogP contribution is -2.50. The summed E-state index contributed by atoms with van der Waals surface area (Å²) in [5.41, 5.74) is 4.32. The maximum atomic E-state index is 12.3. The van der Waals surface area contributed by atoms with Crippen LogP contribution >= 0.6 is 0 Å². The number of carbonyl (C=O) groups is 3. The van der Waals surface area contributed by atoms with Crippen molar-refractivity contribution in [2.45, 2.75) is 19.4 Å². The number of amides is 2. The molecule has 0 bridgehead atoms. The molecule has 0 radical (unpaired) electrons. The van der Waals surface area contributed by atoms with Gasteiger partial charge in [-0.05, 0) is 30.3 Å². The van der Waals surface area contributed by atoms with Crippen LogP contribution in [-0.4, -0.2) is 60.1 Å². The molecule has 2 aliphatic rings. The largest absolute Gasteiger partial charge is 0.436 e. The van der Waals surface area contributed by atoms with E-state index in [-0.39, 0.29) is 18.4 Å². The summed E-state index contributed by atoms with van der Waals surface area (Å²) < 4.78 is 6.89. The summed E-state index contributed by atoms with van der Waals surface area (Å²) in [4.78, 5) is 47.2. The molecular weight excluding hydrogens is 436 g/mol. The van der Waals surface area contributed by atoms with Crippen LogP contribution in [0.1, 0.15) is 28.8 Å². The Kier molecular flexibility index (Phi) is 5.21. The van der Waals surface area contributed by atoms with Crippen molar-refractivity contribution in [2.24, 2.45) is 0 Å². The van der Waals surface area contributed by atoms with Crippen molar-refractivity contribution >= 4 is 23.5 Å². The molecule has 9 nitrogen and oxygen atoms in total. The van der Waals surface area contributed by atoms with Gasteiger partial charge < -0.3 is 18.6 Å². The van der Waals surface area contributed by atoms with E-state index in [2.05, 4.69) is 43.2 Å². The van der Waals surface area contributed by atoms with Crippen LogP contribution in [0.5, 0.6) is 0 Å². The summed E-state index contributed by atoms with van der Waals surface area (Å²) in [5, 5.41) is 0.537. The maximum Gasteiger partial charge on any atom is 0.363 e. The minimum absolute atomic E-state index is 0.0523. The lowest BCUT2D eigenvalue weighted by Gasteiger charge is -2.40. The molecule has 2 amide bonds. The molecule has 0 atom stereocenters. The predicted octanol–water partition coefficient (Wildman–Crippen LogP) is 3.21. The summed E-state index contributed by atoms with van der Waals surface area (Å²) in [6, 6.07) is 12.8. The molecular formula is C25H25N4O5+. The summed E-state index contributed by atoms with van der Waals surface area (Å²) in [7, 11) is 6.51. The van der Waals surface area contributed by atoms with E-state index >= 15 is 0 Å². The van der Waals surface area contributed by atoms with E-state index in [0.29, 0.717) is 16.7 Å². The molecule has 174 valence electrons. The smallest absolute Gasteiger partial charge is 0.363 e. The van der Waals surface area contributed by atoms with E-state index in [0.717, 1.165) is 28.8 Å². The summed E-state index contributed by atoms with van der Waals surface area (Å²) in [6.07, 6.45) is 1.75. The van der Waals surface area contributed by atoms with Gasteiger partial charge in [-0.3, -0.25) is 9.59 Å². The van der Waals surface area contributed by atoms with Gasteiger partial charge in [0.25, 0.3) is 11.8 Å². The van der Waals surface area contributed by atoms with Gasteiger partial charge in [-0.2, -0.15) is 0 Å². The monoisotopic (exact) mass is 461 g/mol. The average molecular weight is 461 g/mol. The third-order valence-electron chi connectivity index (χ3n) is 6.02. The van der Waals surface area contributed by atoms with Gasteiger partial charge in [0.15, 0.2) is 12.4 Å². The third kappa shape index (κ3) is 4.06. The van der Waals surface area contributed by atoms with E-state index < -0.39 is 17.8 Å². The molecule has 5 rings (SSSR count). The van der Waals surface area contributed by atoms with Crippen molar-refractivity contribution < 1.29 is 28.1 Å². The lowest BCUT2D eigenvalue weighted by molar-refractivity contribution is -0.904. The molecule has 9 heteroatoms. The van der Waals surface area contributed by atoms with Gasteiger partial charge in [-0.1, -0.05) is 12.1 Å². The summed E-state index contributed by atoms with van der Waals surface area (Å²) in [6.45, 7) is 1.87. The number of rotatable bonds is 4. The Morgan fingerprint density at radius 3 is 2.41 bits per heavy atom. The van der Waals surface area contributed by atoms with Gasteiger partial charge in [0, 0.05) is 42.3 Å². The number of fused-ring (bicyclic) bond motifs is 1. The Morgan fingerprint density at radius 1 is 1.03 bits per heavy atom. The van der Waals surface area contributed by atoms with Crippen LogP contribution in [0.15, 0.2) is 53.1 Å². The Bertz CT molecular complexity index is 1280. The van der Waals surface area contributed by atoms with Gasteiger partial charge in [0.1, 0.15) is 6.54 Å². The zero-order valence-corrected chi connectivity index (χ0v) is 19.3. The quantitative estimate of drug-likeness (QED) is 0.435. The van der Waals surface area contributed by atoms with Crippen LogP contribution in [0.2, 0.25) is 0 Å². The predicted molar refractivity (Wildman–Crippen MR) is 123 cm³/mol.